The monoisotopic (exact) mass is 900 g/mol. The molecule has 1 aliphatic rings. The molecule has 1 saturated heterocycles. The minimum atomic E-state index is -1.27. The zero-order valence-electron chi connectivity index (χ0n) is 36.2. The number of aromatic nitrogens is 5. The lowest BCUT2D eigenvalue weighted by molar-refractivity contribution is -0.149. The third-order valence-electron chi connectivity index (χ3n) is 9.75. The molecule has 3 aromatic carbocycles. The smallest absolute Gasteiger partial charge is 0.419 e. The van der Waals surface area contributed by atoms with E-state index in [-0.39, 0.29) is 41.6 Å². The third kappa shape index (κ3) is 11.0. The average molecular weight is 901 g/mol. The number of halogens is 1. The zero-order valence-corrected chi connectivity index (χ0v) is 36.9. The first-order chi connectivity index (χ1) is 30.1. The predicted molar refractivity (Wildman–Crippen MR) is 234 cm³/mol. The van der Waals surface area contributed by atoms with Crippen molar-refractivity contribution in [3.05, 3.63) is 89.3 Å². The van der Waals surface area contributed by atoms with Gasteiger partial charge < -0.3 is 45.4 Å². The first-order valence-electron chi connectivity index (χ1n) is 20.2. The van der Waals surface area contributed by atoms with Gasteiger partial charge in [-0.1, -0.05) is 23.7 Å². The summed E-state index contributed by atoms with van der Waals surface area (Å²) in [6.07, 6.45) is -0.585. The second-order valence-corrected chi connectivity index (χ2v) is 17.4. The molecule has 0 radical (unpaired) electrons. The molecule has 64 heavy (non-hydrogen) atoms. The van der Waals surface area contributed by atoms with Crippen molar-refractivity contribution < 1.29 is 48.5 Å². The standard InChI is InChI=1S/C43H49ClN10O10/c1-24(56)30(22-55)48-40(61)47-28-11-8-25(9-12-28)18-34(52-17-16-51(37(58)38(52)59)33-21-27(44)10-14-32(33)53-23-45-49-50-53)36(57)46-29-13-15-31-26(19-29)20-35(39(60)63-42(2,3)4)54(31)41(62)64-43(5,6)7/h8-15,19-21,23-24,30,34,55-56H,16-18,22H2,1-7H3,(H,46,57)(H2,47,48,61)/t24-,30-,34-/m0/s1. The van der Waals surface area contributed by atoms with E-state index < -0.39 is 71.8 Å². The van der Waals surface area contributed by atoms with Crippen LogP contribution < -0.4 is 20.9 Å². The van der Waals surface area contributed by atoms with Crippen molar-refractivity contribution in [3.8, 4) is 5.69 Å². The molecule has 0 aliphatic carbocycles. The van der Waals surface area contributed by atoms with E-state index in [0.29, 0.717) is 27.8 Å². The number of ether oxygens (including phenoxy) is 2. The highest BCUT2D eigenvalue weighted by Gasteiger charge is 2.41. The largest absolute Gasteiger partial charge is 0.455 e. The van der Waals surface area contributed by atoms with E-state index >= 15 is 0 Å². The summed E-state index contributed by atoms with van der Waals surface area (Å²) in [5, 5.41) is 39.1. The molecule has 0 bridgehead atoms. The van der Waals surface area contributed by atoms with Gasteiger partial charge in [0.15, 0.2) is 0 Å². The Morgan fingerprint density at radius 1 is 0.844 bits per heavy atom. The van der Waals surface area contributed by atoms with Gasteiger partial charge in [0, 0.05) is 41.3 Å². The second-order valence-electron chi connectivity index (χ2n) is 17.0. The quantitative estimate of drug-likeness (QED) is 0.0867. The highest BCUT2D eigenvalue weighted by Crippen LogP contribution is 2.31. The van der Waals surface area contributed by atoms with Crippen LogP contribution in [-0.4, -0.2) is 125 Å². The van der Waals surface area contributed by atoms with Crippen molar-refractivity contribution in [3.63, 3.8) is 0 Å². The number of anilines is 3. The van der Waals surface area contributed by atoms with E-state index in [1.165, 1.54) is 52.0 Å². The molecule has 20 nitrogen and oxygen atoms in total. The van der Waals surface area contributed by atoms with Crippen LogP contribution in [0.15, 0.2) is 73.1 Å². The molecule has 5 N–H and O–H groups in total. The fourth-order valence-electron chi connectivity index (χ4n) is 6.80. The van der Waals surface area contributed by atoms with Gasteiger partial charge in [0.25, 0.3) is 0 Å². The lowest BCUT2D eigenvalue weighted by Crippen LogP contribution is -2.60. The number of rotatable bonds is 12. The molecule has 1 fully saturated rings. The van der Waals surface area contributed by atoms with Gasteiger partial charge in [0.1, 0.15) is 29.3 Å². The molecule has 1 aliphatic heterocycles. The molecule has 338 valence electrons. The van der Waals surface area contributed by atoms with Crippen molar-refractivity contribution >= 4 is 75.4 Å². The summed E-state index contributed by atoms with van der Waals surface area (Å²) in [7, 11) is 0. The van der Waals surface area contributed by atoms with Gasteiger partial charge in [-0.25, -0.2) is 19.0 Å². The number of aliphatic hydroxyl groups is 2. The Bertz CT molecular complexity index is 2560. The van der Waals surface area contributed by atoms with Crippen LogP contribution in [0.2, 0.25) is 5.02 Å². The van der Waals surface area contributed by atoms with Crippen molar-refractivity contribution in [2.45, 2.75) is 84.3 Å². The fraction of sp³-hybridized carbons (Fsp3) is 0.372. The number of urea groups is 1. The van der Waals surface area contributed by atoms with Gasteiger partial charge in [-0.15, -0.1) is 5.10 Å². The highest BCUT2D eigenvalue weighted by molar-refractivity contribution is 6.41. The van der Waals surface area contributed by atoms with Crippen molar-refractivity contribution in [1.29, 1.82) is 0 Å². The number of nitrogens with zero attached hydrogens (tertiary/aromatic N) is 7. The summed E-state index contributed by atoms with van der Waals surface area (Å²) in [6, 6.07) is 14.3. The number of piperazine rings is 1. The van der Waals surface area contributed by atoms with Gasteiger partial charge >= 0.3 is 29.9 Å². The van der Waals surface area contributed by atoms with Crippen molar-refractivity contribution in [1.82, 2.24) is 35.0 Å². The van der Waals surface area contributed by atoms with E-state index in [1.54, 1.807) is 84.0 Å². The fourth-order valence-corrected chi connectivity index (χ4v) is 6.97. The lowest BCUT2D eigenvalue weighted by Gasteiger charge is -2.38. The maximum Gasteiger partial charge on any atom is 0.419 e. The molecule has 5 aromatic rings. The molecule has 2 aromatic heterocycles. The van der Waals surface area contributed by atoms with E-state index in [0.717, 1.165) is 4.57 Å². The van der Waals surface area contributed by atoms with Crippen LogP contribution in [0.25, 0.3) is 16.6 Å². The number of nitrogens with one attached hydrogen (secondary N) is 3. The topological polar surface area (TPSA) is 252 Å². The predicted octanol–water partition coefficient (Wildman–Crippen LogP) is 4.30. The minimum absolute atomic E-state index is 0.0410. The number of carbonyl (C=O) groups is 6. The van der Waals surface area contributed by atoms with Crippen LogP contribution in [-0.2, 0) is 30.3 Å². The van der Waals surface area contributed by atoms with Crippen LogP contribution in [0, 0.1) is 0 Å². The van der Waals surface area contributed by atoms with Gasteiger partial charge in [-0.2, -0.15) is 4.68 Å². The molecule has 0 spiro atoms. The molecule has 0 unspecified atom stereocenters. The van der Waals surface area contributed by atoms with Crippen LogP contribution >= 0.6 is 11.6 Å². The van der Waals surface area contributed by atoms with Crippen molar-refractivity contribution in [2.24, 2.45) is 0 Å². The molecule has 5 amide bonds. The normalized spacial score (nSPS) is 14.8. The Balaban J connectivity index is 1.31. The lowest BCUT2D eigenvalue weighted by atomic mass is 10.0. The summed E-state index contributed by atoms with van der Waals surface area (Å²) < 4.78 is 13.7. The molecular weight excluding hydrogens is 852 g/mol. The number of hydrogen-bond donors (Lipinski definition) is 5. The first-order valence-corrected chi connectivity index (χ1v) is 20.5. The molecule has 3 atom stereocenters. The van der Waals surface area contributed by atoms with E-state index in [1.807, 2.05) is 0 Å². The number of carbonyl (C=O) groups excluding carboxylic acids is 6. The van der Waals surface area contributed by atoms with Crippen LogP contribution in [0.1, 0.15) is 64.5 Å². The van der Waals surface area contributed by atoms with Crippen LogP contribution in [0.3, 0.4) is 0 Å². The van der Waals surface area contributed by atoms with Gasteiger partial charge in [-0.3, -0.25) is 14.4 Å². The van der Waals surface area contributed by atoms with Gasteiger partial charge in [-0.05, 0) is 119 Å². The maximum atomic E-state index is 14.5. The Hall–Kier alpha value is -6.90. The summed E-state index contributed by atoms with van der Waals surface area (Å²) >= 11 is 6.34. The number of esters is 1. The molecule has 3 heterocycles. The van der Waals surface area contributed by atoms with Crippen LogP contribution in [0.5, 0.6) is 0 Å². The van der Waals surface area contributed by atoms with E-state index in [4.69, 9.17) is 21.1 Å². The van der Waals surface area contributed by atoms with Gasteiger partial charge in [0.2, 0.25) is 5.91 Å². The molecule has 6 rings (SSSR count). The number of aliphatic hydroxyl groups excluding tert-OH is 2. The Morgan fingerprint density at radius 3 is 2.16 bits per heavy atom. The van der Waals surface area contributed by atoms with E-state index in [9.17, 15) is 39.0 Å². The second kappa shape index (κ2) is 18.8. The number of benzene rings is 3. The summed E-state index contributed by atoms with van der Waals surface area (Å²) in [6.45, 7) is 11.0. The summed E-state index contributed by atoms with van der Waals surface area (Å²) in [4.78, 5) is 84.5. The Morgan fingerprint density at radius 2 is 1.53 bits per heavy atom. The van der Waals surface area contributed by atoms with Gasteiger partial charge in [0.05, 0.1) is 35.6 Å². The Labute approximate surface area is 372 Å². The summed E-state index contributed by atoms with van der Waals surface area (Å²) in [5.74, 6) is -3.36. The Kier molecular flexibility index (Phi) is 13.7. The molecular formula is C43H49ClN10O10. The first kappa shape index (κ1) is 46.6. The van der Waals surface area contributed by atoms with Crippen LogP contribution in [0.4, 0.5) is 26.7 Å². The van der Waals surface area contributed by atoms with E-state index in [2.05, 4.69) is 31.5 Å². The number of hydrogen-bond acceptors (Lipinski definition) is 13. The molecule has 0 saturated carbocycles. The number of tetrazole rings is 1. The summed E-state index contributed by atoms with van der Waals surface area (Å²) in [5.41, 5.74) is 0.198. The SMILES string of the molecule is C[C@H](O)[C@H](CO)NC(=O)Nc1ccc(C[C@@H](C(=O)Nc2ccc3c(c2)cc(C(=O)OC(C)(C)C)n3C(=O)OC(C)(C)C)N2CCN(c3cc(Cl)ccc3-n3cnnn3)C(=O)C2=O)cc1. The maximum absolute atomic E-state index is 14.5. The number of fused-ring (bicyclic) bond motifs is 1. The third-order valence-corrected chi connectivity index (χ3v) is 9.98. The number of amides is 5. The zero-order chi connectivity index (χ0) is 46.7. The minimum Gasteiger partial charge on any atom is -0.455 e. The van der Waals surface area contributed by atoms with Crippen molar-refractivity contribution in [2.75, 3.05) is 35.2 Å². The molecule has 21 heteroatoms. The highest BCUT2D eigenvalue weighted by atomic mass is 35.5. The average Bonchev–Trinajstić information content (AvgIpc) is 3.88.